The second-order valence-electron chi connectivity index (χ2n) is 4.57. The van der Waals surface area contributed by atoms with Gasteiger partial charge < -0.3 is 10.5 Å². The highest BCUT2D eigenvalue weighted by Gasteiger charge is 2.30. The number of amides is 1. The number of aryl methyl sites for hydroxylation is 1. The van der Waals surface area contributed by atoms with Crippen molar-refractivity contribution in [1.82, 2.24) is 9.78 Å². The van der Waals surface area contributed by atoms with Crippen LogP contribution < -0.4 is 5.73 Å². The van der Waals surface area contributed by atoms with Crippen molar-refractivity contribution in [2.45, 2.75) is 38.8 Å². The lowest BCUT2D eigenvalue weighted by atomic mass is 10.1. The van der Waals surface area contributed by atoms with E-state index in [1.54, 1.807) is 0 Å². The summed E-state index contributed by atoms with van der Waals surface area (Å²) in [7, 11) is 0. The Bertz CT molecular complexity index is 505. The first-order valence-corrected chi connectivity index (χ1v) is 6.14. The second kappa shape index (κ2) is 5.35. The van der Waals surface area contributed by atoms with Gasteiger partial charge in [0, 0.05) is 6.61 Å². The molecule has 0 spiro atoms. The summed E-state index contributed by atoms with van der Waals surface area (Å²) >= 11 is 0. The van der Waals surface area contributed by atoms with Gasteiger partial charge in [-0.2, -0.15) is 5.10 Å². The summed E-state index contributed by atoms with van der Waals surface area (Å²) in [5.41, 5.74) is 4.94. The van der Waals surface area contributed by atoms with E-state index in [-0.39, 0.29) is 23.2 Å². The van der Waals surface area contributed by atoms with Crippen LogP contribution in [0.2, 0.25) is 0 Å². The molecule has 1 fully saturated rings. The number of carbonyl (C=O) groups excluding carboxylic acids is 1. The molecule has 2 N–H and O–H groups in total. The van der Waals surface area contributed by atoms with Crippen LogP contribution in [0.15, 0.2) is 0 Å². The van der Waals surface area contributed by atoms with Crippen molar-refractivity contribution in [3.8, 4) is 0 Å². The summed E-state index contributed by atoms with van der Waals surface area (Å²) in [6, 6.07) is 0. The van der Waals surface area contributed by atoms with E-state index in [9.17, 15) is 14.9 Å². The van der Waals surface area contributed by atoms with Gasteiger partial charge in [0.05, 0.1) is 17.6 Å². The van der Waals surface area contributed by atoms with Crippen LogP contribution in [-0.4, -0.2) is 33.3 Å². The summed E-state index contributed by atoms with van der Waals surface area (Å²) in [4.78, 5) is 21.8. The minimum atomic E-state index is -0.844. The van der Waals surface area contributed by atoms with Gasteiger partial charge in [-0.05, 0) is 26.2 Å². The molecule has 0 aliphatic carbocycles. The maximum absolute atomic E-state index is 11.4. The quantitative estimate of drug-likeness (QED) is 0.640. The van der Waals surface area contributed by atoms with Gasteiger partial charge in [0.25, 0.3) is 5.91 Å². The highest BCUT2D eigenvalue weighted by Crippen LogP contribution is 2.24. The molecule has 19 heavy (non-hydrogen) atoms. The Morgan fingerprint density at radius 3 is 2.89 bits per heavy atom. The third-order valence-corrected chi connectivity index (χ3v) is 3.16. The average Bonchev–Trinajstić information content (AvgIpc) is 2.67. The van der Waals surface area contributed by atoms with E-state index in [1.807, 2.05) is 0 Å². The maximum atomic E-state index is 11.4. The van der Waals surface area contributed by atoms with E-state index in [2.05, 4.69) is 5.10 Å². The fourth-order valence-electron chi connectivity index (χ4n) is 2.31. The molecule has 1 aromatic heterocycles. The van der Waals surface area contributed by atoms with Crippen molar-refractivity contribution < 1.29 is 14.5 Å². The molecular formula is C11H16N4O4. The molecule has 1 aromatic rings. The largest absolute Gasteiger partial charge is 0.376 e. The van der Waals surface area contributed by atoms with Crippen LogP contribution in [0.5, 0.6) is 0 Å². The van der Waals surface area contributed by atoms with Crippen molar-refractivity contribution in [1.29, 1.82) is 0 Å². The Balaban J connectivity index is 2.31. The molecule has 0 saturated carbocycles. The van der Waals surface area contributed by atoms with Crippen molar-refractivity contribution in [2.24, 2.45) is 5.73 Å². The molecule has 1 unspecified atom stereocenters. The first-order chi connectivity index (χ1) is 9.00. The lowest BCUT2D eigenvalue weighted by Crippen LogP contribution is -2.28. The molecule has 8 nitrogen and oxygen atoms in total. The summed E-state index contributed by atoms with van der Waals surface area (Å²) in [6.07, 6.45) is 2.83. The summed E-state index contributed by atoms with van der Waals surface area (Å²) in [5, 5.41) is 15.0. The lowest BCUT2D eigenvalue weighted by molar-refractivity contribution is -0.385. The van der Waals surface area contributed by atoms with Gasteiger partial charge in [0.2, 0.25) is 5.69 Å². The zero-order valence-electron chi connectivity index (χ0n) is 10.7. The fourth-order valence-corrected chi connectivity index (χ4v) is 2.31. The zero-order valence-corrected chi connectivity index (χ0v) is 10.7. The predicted octanol–water partition coefficient (Wildman–Crippen LogP) is 0.768. The van der Waals surface area contributed by atoms with Crippen molar-refractivity contribution in [3.05, 3.63) is 21.5 Å². The highest BCUT2D eigenvalue weighted by molar-refractivity contribution is 5.95. The first-order valence-electron chi connectivity index (χ1n) is 6.14. The Morgan fingerprint density at radius 2 is 2.37 bits per heavy atom. The SMILES string of the molecule is Cc1nn(CC2CCCCO2)c(C(N)=O)c1[N+](=O)[O-]. The molecule has 1 aliphatic heterocycles. The standard InChI is InChI=1S/C11H16N4O4/c1-7-9(15(17)18)10(11(12)16)14(13-7)6-8-4-2-3-5-19-8/h8H,2-6H2,1H3,(H2,12,16). The van der Waals surface area contributed by atoms with Crippen LogP contribution in [-0.2, 0) is 11.3 Å². The highest BCUT2D eigenvalue weighted by atomic mass is 16.6. The Hall–Kier alpha value is -1.96. The number of nitrogens with zero attached hydrogens (tertiary/aromatic N) is 3. The molecule has 1 atom stereocenters. The third-order valence-electron chi connectivity index (χ3n) is 3.16. The van der Waals surface area contributed by atoms with Gasteiger partial charge in [0.15, 0.2) is 0 Å². The maximum Gasteiger partial charge on any atom is 0.322 e. The van der Waals surface area contributed by atoms with Gasteiger partial charge in [-0.25, -0.2) is 0 Å². The normalized spacial score (nSPS) is 19.3. The molecule has 0 aromatic carbocycles. The number of ether oxygens (including phenoxy) is 1. The van der Waals surface area contributed by atoms with Crippen LogP contribution in [0.3, 0.4) is 0 Å². The van der Waals surface area contributed by atoms with Crippen molar-refractivity contribution in [3.63, 3.8) is 0 Å². The number of carbonyl (C=O) groups is 1. The van der Waals surface area contributed by atoms with Gasteiger partial charge in [-0.15, -0.1) is 0 Å². The Kier molecular flexibility index (Phi) is 3.79. The molecule has 0 bridgehead atoms. The van der Waals surface area contributed by atoms with Crippen LogP contribution in [0.25, 0.3) is 0 Å². The molecule has 2 rings (SSSR count). The molecule has 8 heteroatoms. The zero-order chi connectivity index (χ0) is 14.0. The number of aromatic nitrogens is 2. The van der Waals surface area contributed by atoms with Crippen LogP contribution in [0.4, 0.5) is 5.69 Å². The molecule has 104 valence electrons. The fraction of sp³-hybridized carbons (Fsp3) is 0.636. The minimum absolute atomic E-state index is 0.0780. The second-order valence-corrected chi connectivity index (χ2v) is 4.57. The van der Waals surface area contributed by atoms with E-state index in [4.69, 9.17) is 10.5 Å². The van der Waals surface area contributed by atoms with Gasteiger partial charge in [0.1, 0.15) is 5.69 Å². The van der Waals surface area contributed by atoms with Crippen molar-refractivity contribution in [2.75, 3.05) is 6.61 Å². The van der Waals surface area contributed by atoms with Crippen LogP contribution >= 0.6 is 0 Å². The number of primary amides is 1. The number of hydrogen-bond donors (Lipinski definition) is 1. The smallest absolute Gasteiger partial charge is 0.322 e. The molecule has 2 heterocycles. The van der Waals surface area contributed by atoms with Gasteiger partial charge in [-0.3, -0.25) is 19.6 Å². The van der Waals surface area contributed by atoms with Crippen LogP contribution in [0, 0.1) is 17.0 Å². The van der Waals surface area contributed by atoms with Crippen LogP contribution in [0.1, 0.15) is 35.4 Å². The predicted molar refractivity (Wildman–Crippen MR) is 65.7 cm³/mol. The number of nitro groups is 1. The van der Waals surface area contributed by atoms with E-state index in [0.717, 1.165) is 19.3 Å². The third kappa shape index (κ3) is 2.73. The van der Waals surface area contributed by atoms with E-state index >= 15 is 0 Å². The molecule has 1 saturated heterocycles. The topological polar surface area (TPSA) is 113 Å². The minimum Gasteiger partial charge on any atom is -0.376 e. The summed E-state index contributed by atoms with van der Waals surface area (Å²) in [6.45, 7) is 2.47. The van der Waals surface area contributed by atoms with E-state index in [0.29, 0.717) is 13.2 Å². The molecular weight excluding hydrogens is 252 g/mol. The van der Waals surface area contributed by atoms with Crippen molar-refractivity contribution >= 4 is 11.6 Å². The number of rotatable bonds is 4. The average molecular weight is 268 g/mol. The molecule has 0 radical (unpaired) electrons. The summed E-state index contributed by atoms with van der Waals surface area (Å²) < 4.78 is 6.84. The van der Waals surface area contributed by atoms with E-state index in [1.165, 1.54) is 11.6 Å². The molecule has 1 aliphatic rings. The molecule has 1 amide bonds. The Morgan fingerprint density at radius 1 is 1.63 bits per heavy atom. The van der Waals surface area contributed by atoms with Gasteiger partial charge in [-0.1, -0.05) is 0 Å². The number of hydrogen-bond acceptors (Lipinski definition) is 5. The van der Waals surface area contributed by atoms with E-state index < -0.39 is 10.8 Å². The lowest BCUT2D eigenvalue weighted by Gasteiger charge is -2.22. The number of nitrogens with two attached hydrogens (primary N) is 1. The van der Waals surface area contributed by atoms with Gasteiger partial charge >= 0.3 is 5.69 Å². The monoisotopic (exact) mass is 268 g/mol. The summed E-state index contributed by atoms with van der Waals surface area (Å²) in [5.74, 6) is -0.844. The first kappa shape index (κ1) is 13.5. The Labute approximate surface area is 109 Å².